The van der Waals surface area contributed by atoms with Crippen molar-refractivity contribution in [2.75, 3.05) is 26.2 Å². The molecule has 1 heterocycles. The number of likely N-dealkylation sites (tertiary alicyclic amines) is 1. The first-order valence-corrected chi connectivity index (χ1v) is 9.66. The van der Waals surface area contributed by atoms with E-state index in [4.69, 9.17) is 0 Å². The first-order chi connectivity index (χ1) is 12.1. The summed E-state index contributed by atoms with van der Waals surface area (Å²) in [5.74, 6) is 0.897. The van der Waals surface area contributed by atoms with Crippen LogP contribution in [0.4, 0.5) is 4.79 Å². The Morgan fingerprint density at radius 2 is 2.16 bits per heavy atom. The number of nitrogens with zero attached hydrogens (tertiary/aromatic N) is 2. The van der Waals surface area contributed by atoms with Crippen molar-refractivity contribution in [1.82, 2.24) is 15.1 Å². The Hall–Kier alpha value is -1.75. The molecule has 2 amide bonds. The molecule has 0 radical (unpaired) electrons. The maximum atomic E-state index is 12.7. The van der Waals surface area contributed by atoms with E-state index in [0.29, 0.717) is 25.0 Å². The van der Waals surface area contributed by atoms with Crippen LogP contribution in [0, 0.1) is 5.92 Å². The summed E-state index contributed by atoms with van der Waals surface area (Å²) in [6, 6.07) is 7.83. The highest BCUT2D eigenvalue weighted by Crippen LogP contribution is 2.30. The lowest BCUT2D eigenvalue weighted by molar-refractivity contribution is 0.157. The summed E-state index contributed by atoms with van der Waals surface area (Å²) in [4.78, 5) is 17.0. The molecule has 25 heavy (non-hydrogen) atoms. The molecule has 2 aliphatic rings. The van der Waals surface area contributed by atoms with Crippen LogP contribution in [0.3, 0.4) is 0 Å². The fourth-order valence-electron chi connectivity index (χ4n) is 3.61. The number of benzene rings is 1. The zero-order chi connectivity index (χ0) is 17.6. The number of carbonyl (C=O) groups excluding carboxylic acids is 1. The molecule has 1 atom stereocenters. The summed E-state index contributed by atoms with van der Waals surface area (Å²) < 4.78 is 0. The average Bonchev–Trinajstić information content (AvgIpc) is 3.40. The molecule has 3 rings (SSSR count). The molecule has 1 saturated carbocycles. The maximum absolute atomic E-state index is 12.7. The van der Waals surface area contributed by atoms with Crippen LogP contribution in [0.15, 0.2) is 24.3 Å². The van der Waals surface area contributed by atoms with Crippen molar-refractivity contribution < 1.29 is 9.90 Å². The maximum Gasteiger partial charge on any atom is 0.317 e. The molecular weight excluding hydrogens is 314 g/mol. The quantitative estimate of drug-likeness (QED) is 0.798. The number of carbonyl (C=O) groups is 1. The Kier molecular flexibility index (Phi) is 6.19. The van der Waals surface area contributed by atoms with E-state index in [1.807, 2.05) is 17.0 Å². The Balaban J connectivity index is 1.50. The van der Waals surface area contributed by atoms with Crippen molar-refractivity contribution in [3.05, 3.63) is 29.8 Å². The minimum Gasteiger partial charge on any atom is -0.508 e. The molecule has 5 nitrogen and oxygen atoms in total. The van der Waals surface area contributed by atoms with Gasteiger partial charge in [0, 0.05) is 32.2 Å². The van der Waals surface area contributed by atoms with Crippen LogP contribution in [0.5, 0.6) is 5.75 Å². The number of hydrogen-bond donors (Lipinski definition) is 2. The Morgan fingerprint density at radius 3 is 2.88 bits per heavy atom. The first-order valence-electron chi connectivity index (χ1n) is 9.66. The molecule has 2 fully saturated rings. The number of phenolic OH excluding ortho intramolecular Hbond substituents is 1. The smallest absolute Gasteiger partial charge is 0.317 e. The number of urea groups is 1. The van der Waals surface area contributed by atoms with Gasteiger partial charge in [0.05, 0.1) is 0 Å². The number of piperidine rings is 1. The molecule has 138 valence electrons. The molecule has 1 aliphatic carbocycles. The summed E-state index contributed by atoms with van der Waals surface area (Å²) in [6.07, 6.45) is 6.29. The van der Waals surface area contributed by atoms with E-state index in [9.17, 15) is 9.90 Å². The van der Waals surface area contributed by atoms with Crippen LogP contribution in [-0.4, -0.2) is 53.2 Å². The van der Waals surface area contributed by atoms with Crippen molar-refractivity contribution >= 4 is 6.03 Å². The van der Waals surface area contributed by atoms with Gasteiger partial charge in [-0.15, -0.1) is 0 Å². The minimum atomic E-state index is 0.0138. The Bertz CT molecular complexity index is 574. The van der Waals surface area contributed by atoms with Gasteiger partial charge in [-0.05, 0) is 62.8 Å². The second-order valence-electron chi connectivity index (χ2n) is 7.61. The van der Waals surface area contributed by atoms with Gasteiger partial charge in [0.25, 0.3) is 0 Å². The summed E-state index contributed by atoms with van der Waals surface area (Å²) >= 11 is 0. The van der Waals surface area contributed by atoms with Crippen LogP contribution in [0.25, 0.3) is 0 Å². The van der Waals surface area contributed by atoms with Crippen molar-refractivity contribution in [2.24, 2.45) is 5.92 Å². The van der Waals surface area contributed by atoms with Gasteiger partial charge in [0.15, 0.2) is 0 Å². The lowest BCUT2D eigenvalue weighted by Gasteiger charge is -2.33. The highest BCUT2D eigenvalue weighted by molar-refractivity contribution is 5.74. The fourth-order valence-corrected chi connectivity index (χ4v) is 3.61. The first kappa shape index (κ1) is 18.1. The van der Waals surface area contributed by atoms with E-state index in [-0.39, 0.29) is 11.8 Å². The molecule has 0 aromatic heterocycles. The van der Waals surface area contributed by atoms with Gasteiger partial charge in [-0.25, -0.2) is 4.79 Å². The summed E-state index contributed by atoms with van der Waals surface area (Å²) in [5, 5.41) is 12.7. The number of aromatic hydroxyl groups is 1. The van der Waals surface area contributed by atoms with Gasteiger partial charge in [-0.1, -0.05) is 18.6 Å². The second-order valence-corrected chi connectivity index (χ2v) is 7.61. The monoisotopic (exact) mass is 345 g/mol. The van der Waals surface area contributed by atoms with Crippen LogP contribution in [0.2, 0.25) is 0 Å². The lowest BCUT2D eigenvalue weighted by Crippen LogP contribution is -2.46. The van der Waals surface area contributed by atoms with Gasteiger partial charge in [0.1, 0.15) is 5.75 Å². The predicted octanol–water partition coefficient (Wildman–Crippen LogP) is 3.19. The molecule has 1 aromatic carbocycles. The number of nitrogens with one attached hydrogen (secondary N) is 1. The van der Waals surface area contributed by atoms with E-state index in [0.717, 1.165) is 25.2 Å². The third kappa shape index (κ3) is 5.63. The van der Waals surface area contributed by atoms with E-state index in [1.54, 1.807) is 12.1 Å². The van der Waals surface area contributed by atoms with Gasteiger partial charge >= 0.3 is 6.03 Å². The van der Waals surface area contributed by atoms with Crippen LogP contribution in [-0.2, 0) is 6.54 Å². The highest BCUT2D eigenvalue weighted by Gasteiger charge is 2.27. The standard InChI is InChI=1S/C20H31N3O2/c1-16-5-2-3-11-22(16)12-10-21-20(25)23(14-17-8-9-17)15-18-6-4-7-19(24)13-18/h4,6-7,13,16-17,24H,2-3,5,8-12,14-15H2,1H3,(H,21,25)/t16-/m1/s1. The third-order valence-electron chi connectivity index (χ3n) is 5.36. The molecule has 5 heteroatoms. The topological polar surface area (TPSA) is 55.8 Å². The number of rotatable bonds is 7. The molecule has 1 saturated heterocycles. The van der Waals surface area contributed by atoms with Crippen LogP contribution < -0.4 is 5.32 Å². The van der Waals surface area contributed by atoms with E-state index in [1.165, 1.54) is 32.1 Å². The lowest BCUT2D eigenvalue weighted by atomic mass is 10.0. The van der Waals surface area contributed by atoms with Gasteiger partial charge < -0.3 is 15.3 Å². The van der Waals surface area contributed by atoms with Gasteiger partial charge in [-0.3, -0.25) is 4.90 Å². The molecule has 0 spiro atoms. The summed E-state index contributed by atoms with van der Waals surface area (Å²) in [5.41, 5.74) is 0.973. The SMILES string of the molecule is C[C@@H]1CCCCN1CCNC(=O)N(Cc1cccc(O)c1)CC1CC1. The number of phenols is 1. The molecule has 1 aliphatic heterocycles. The molecule has 0 bridgehead atoms. The molecule has 2 N–H and O–H groups in total. The van der Waals surface area contributed by atoms with Crippen LogP contribution in [0.1, 0.15) is 44.6 Å². The zero-order valence-corrected chi connectivity index (χ0v) is 15.3. The summed E-state index contributed by atoms with van der Waals surface area (Å²) in [6.45, 7) is 6.41. The van der Waals surface area contributed by atoms with Crippen molar-refractivity contribution in [3.63, 3.8) is 0 Å². The van der Waals surface area contributed by atoms with Crippen LogP contribution >= 0.6 is 0 Å². The predicted molar refractivity (Wildman–Crippen MR) is 99.5 cm³/mol. The molecule has 0 unspecified atom stereocenters. The second kappa shape index (κ2) is 8.56. The zero-order valence-electron chi connectivity index (χ0n) is 15.3. The van der Waals surface area contributed by atoms with Crippen molar-refractivity contribution in [1.29, 1.82) is 0 Å². The molecular formula is C20H31N3O2. The third-order valence-corrected chi connectivity index (χ3v) is 5.36. The minimum absolute atomic E-state index is 0.0138. The van der Waals surface area contributed by atoms with Gasteiger partial charge in [0.2, 0.25) is 0 Å². The van der Waals surface area contributed by atoms with E-state index in [2.05, 4.69) is 17.1 Å². The van der Waals surface area contributed by atoms with E-state index < -0.39 is 0 Å². The number of hydrogen-bond acceptors (Lipinski definition) is 3. The van der Waals surface area contributed by atoms with Crippen molar-refractivity contribution in [2.45, 2.75) is 51.6 Å². The molecule has 1 aromatic rings. The van der Waals surface area contributed by atoms with Gasteiger partial charge in [-0.2, -0.15) is 0 Å². The van der Waals surface area contributed by atoms with E-state index >= 15 is 0 Å². The normalized spacial score (nSPS) is 21.1. The largest absolute Gasteiger partial charge is 0.508 e. The Morgan fingerprint density at radius 1 is 1.32 bits per heavy atom. The fraction of sp³-hybridized carbons (Fsp3) is 0.650. The average molecular weight is 345 g/mol. The Labute approximate surface area is 151 Å². The van der Waals surface area contributed by atoms with Crippen molar-refractivity contribution in [3.8, 4) is 5.75 Å². The highest BCUT2D eigenvalue weighted by atomic mass is 16.3. The summed E-state index contributed by atoms with van der Waals surface area (Å²) in [7, 11) is 0. The number of amides is 2.